The molecule has 1 aliphatic rings. The van der Waals surface area contributed by atoms with Crippen molar-refractivity contribution in [3.05, 3.63) is 47.4 Å². The molecule has 6 heteroatoms. The van der Waals surface area contributed by atoms with Gasteiger partial charge in [-0.05, 0) is 26.0 Å². The number of urea groups is 1. The summed E-state index contributed by atoms with van der Waals surface area (Å²) in [5, 5.41) is 2.95. The van der Waals surface area contributed by atoms with Gasteiger partial charge in [0, 0.05) is 24.7 Å². The number of aromatic nitrogens is 2. The van der Waals surface area contributed by atoms with E-state index in [2.05, 4.69) is 15.3 Å². The summed E-state index contributed by atoms with van der Waals surface area (Å²) in [5.41, 5.74) is 2.07. The van der Waals surface area contributed by atoms with Crippen LogP contribution in [0.4, 0.5) is 4.79 Å². The van der Waals surface area contributed by atoms with Gasteiger partial charge in [0.05, 0.1) is 24.5 Å². The molecule has 0 radical (unpaired) electrons. The number of rotatable bonds is 2. The van der Waals surface area contributed by atoms with Gasteiger partial charge in [0.1, 0.15) is 11.6 Å². The maximum absolute atomic E-state index is 12.3. The van der Waals surface area contributed by atoms with Crippen LogP contribution in [0.5, 0.6) is 0 Å². The van der Waals surface area contributed by atoms with Crippen LogP contribution < -0.4 is 5.32 Å². The molecule has 0 bridgehead atoms. The normalized spacial score (nSPS) is 15.4. The van der Waals surface area contributed by atoms with Crippen molar-refractivity contribution in [1.29, 1.82) is 0 Å². The fraction of sp³-hybridized carbons (Fsp3) is 0.400. The molecule has 1 N–H and O–H groups in total. The van der Waals surface area contributed by atoms with Crippen molar-refractivity contribution < 1.29 is 9.21 Å². The zero-order chi connectivity index (χ0) is 14.8. The Morgan fingerprint density at radius 3 is 3.14 bits per heavy atom. The molecular formula is C15H18N4O2. The number of hydrogen-bond donors (Lipinski definition) is 1. The quantitative estimate of drug-likeness (QED) is 0.918. The Kier molecular flexibility index (Phi) is 3.60. The van der Waals surface area contributed by atoms with Crippen LogP contribution in [-0.2, 0) is 13.0 Å². The van der Waals surface area contributed by atoms with Gasteiger partial charge in [-0.3, -0.25) is 0 Å². The minimum atomic E-state index is -0.150. The highest BCUT2D eigenvalue weighted by Gasteiger charge is 2.23. The van der Waals surface area contributed by atoms with Gasteiger partial charge >= 0.3 is 6.03 Å². The Morgan fingerprint density at radius 1 is 1.52 bits per heavy atom. The van der Waals surface area contributed by atoms with Crippen molar-refractivity contribution in [2.45, 2.75) is 32.9 Å². The van der Waals surface area contributed by atoms with Crippen LogP contribution in [0.2, 0.25) is 0 Å². The highest BCUT2D eigenvalue weighted by Crippen LogP contribution is 2.18. The smallest absolute Gasteiger partial charge is 0.318 e. The summed E-state index contributed by atoms with van der Waals surface area (Å²) >= 11 is 0. The maximum atomic E-state index is 12.3. The van der Waals surface area contributed by atoms with E-state index >= 15 is 0 Å². The molecule has 6 nitrogen and oxygen atoms in total. The number of fused-ring (bicyclic) bond motifs is 1. The zero-order valence-corrected chi connectivity index (χ0v) is 12.2. The number of nitrogens with one attached hydrogen (secondary N) is 1. The summed E-state index contributed by atoms with van der Waals surface area (Å²) in [7, 11) is 0. The lowest BCUT2D eigenvalue weighted by molar-refractivity contribution is 0.187. The molecule has 0 aliphatic carbocycles. The van der Waals surface area contributed by atoms with Crippen LogP contribution in [0.1, 0.15) is 35.8 Å². The topological polar surface area (TPSA) is 71.3 Å². The third-order valence-electron chi connectivity index (χ3n) is 3.65. The lowest BCUT2D eigenvalue weighted by Gasteiger charge is -2.29. The molecule has 0 spiro atoms. The number of furan rings is 1. The summed E-state index contributed by atoms with van der Waals surface area (Å²) in [4.78, 5) is 22.7. The van der Waals surface area contributed by atoms with Crippen molar-refractivity contribution in [2.75, 3.05) is 6.54 Å². The number of hydrogen-bond acceptors (Lipinski definition) is 4. The van der Waals surface area contributed by atoms with Crippen LogP contribution in [0.25, 0.3) is 0 Å². The lowest BCUT2D eigenvalue weighted by atomic mass is 10.1. The molecule has 0 saturated carbocycles. The standard InChI is InChI=1S/C15H18N4O2/c1-10(14-4-3-7-21-14)17-15(20)19-6-5-13-12(9-19)8-16-11(2)18-13/h3-4,7-8,10H,5-6,9H2,1-2H3,(H,17,20)/t10-/m0/s1. The van der Waals surface area contributed by atoms with E-state index in [9.17, 15) is 4.79 Å². The number of carbonyl (C=O) groups is 1. The summed E-state index contributed by atoms with van der Waals surface area (Å²) < 4.78 is 5.30. The molecule has 0 fully saturated rings. The van der Waals surface area contributed by atoms with E-state index < -0.39 is 0 Å². The fourth-order valence-electron chi connectivity index (χ4n) is 2.47. The second kappa shape index (κ2) is 5.55. The molecule has 2 aromatic heterocycles. The van der Waals surface area contributed by atoms with E-state index in [1.807, 2.05) is 32.2 Å². The van der Waals surface area contributed by atoms with E-state index in [4.69, 9.17) is 4.42 Å². The van der Waals surface area contributed by atoms with Gasteiger partial charge < -0.3 is 14.6 Å². The second-order valence-corrected chi connectivity index (χ2v) is 5.25. The first-order chi connectivity index (χ1) is 10.1. The summed E-state index contributed by atoms with van der Waals surface area (Å²) in [6.07, 6.45) is 4.18. The number of nitrogens with zero attached hydrogens (tertiary/aromatic N) is 3. The van der Waals surface area contributed by atoms with E-state index in [1.165, 1.54) is 0 Å². The molecule has 110 valence electrons. The Balaban J connectivity index is 1.65. The SMILES string of the molecule is Cc1ncc2c(n1)CCN(C(=O)N[C@@H](C)c1ccco1)C2. The molecule has 0 saturated heterocycles. The first kappa shape index (κ1) is 13.6. The fourth-order valence-corrected chi connectivity index (χ4v) is 2.47. The highest BCUT2D eigenvalue weighted by atomic mass is 16.3. The van der Waals surface area contributed by atoms with Crippen molar-refractivity contribution in [3.63, 3.8) is 0 Å². The number of aryl methyl sites for hydroxylation is 1. The predicted octanol–water partition coefficient (Wildman–Crippen LogP) is 2.21. The van der Waals surface area contributed by atoms with Crippen molar-refractivity contribution in [2.24, 2.45) is 0 Å². The average molecular weight is 286 g/mol. The molecule has 2 aromatic rings. The zero-order valence-electron chi connectivity index (χ0n) is 12.2. The molecular weight excluding hydrogens is 268 g/mol. The van der Waals surface area contributed by atoms with Gasteiger partial charge in [0.25, 0.3) is 0 Å². The first-order valence-corrected chi connectivity index (χ1v) is 7.03. The molecule has 21 heavy (non-hydrogen) atoms. The van der Waals surface area contributed by atoms with Crippen LogP contribution in [0.3, 0.4) is 0 Å². The first-order valence-electron chi connectivity index (χ1n) is 7.03. The number of amides is 2. The van der Waals surface area contributed by atoms with Gasteiger partial charge in [-0.1, -0.05) is 0 Å². The molecule has 1 aliphatic heterocycles. The van der Waals surface area contributed by atoms with E-state index in [-0.39, 0.29) is 12.1 Å². The summed E-state index contributed by atoms with van der Waals surface area (Å²) in [6, 6.07) is 3.43. The van der Waals surface area contributed by atoms with E-state index in [0.29, 0.717) is 13.1 Å². The Hall–Kier alpha value is -2.37. The lowest BCUT2D eigenvalue weighted by Crippen LogP contribution is -2.43. The molecule has 0 aromatic carbocycles. The third-order valence-corrected chi connectivity index (χ3v) is 3.65. The average Bonchev–Trinajstić information content (AvgIpc) is 3.01. The van der Waals surface area contributed by atoms with Crippen LogP contribution in [-0.4, -0.2) is 27.4 Å². The van der Waals surface area contributed by atoms with Crippen LogP contribution in [0, 0.1) is 6.92 Å². The van der Waals surface area contributed by atoms with Crippen molar-refractivity contribution >= 4 is 6.03 Å². The molecule has 0 unspecified atom stereocenters. The van der Waals surface area contributed by atoms with Crippen LogP contribution in [0.15, 0.2) is 29.0 Å². The van der Waals surface area contributed by atoms with Gasteiger partial charge in [-0.2, -0.15) is 0 Å². The molecule has 1 atom stereocenters. The highest BCUT2D eigenvalue weighted by molar-refractivity contribution is 5.75. The Bertz CT molecular complexity index is 639. The second-order valence-electron chi connectivity index (χ2n) is 5.25. The monoisotopic (exact) mass is 286 g/mol. The molecule has 3 rings (SSSR count). The minimum absolute atomic E-state index is 0.0925. The van der Waals surface area contributed by atoms with Crippen LogP contribution >= 0.6 is 0 Å². The van der Waals surface area contributed by atoms with Gasteiger partial charge in [-0.25, -0.2) is 14.8 Å². The van der Waals surface area contributed by atoms with Crippen molar-refractivity contribution in [3.8, 4) is 0 Å². The summed E-state index contributed by atoms with van der Waals surface area (Å²) in [6.45, 7) is 5.00. The van der Waals surface area contributed by atoms with Crippen molar-refractivity contribution in [1.82, 2.24) is 20.2 Å². The third kappa shape index (κ3) is 2.89. The minimum Gasteiger partial charge on any atom is -0.467 e. The predicted molar refractivity (Wildman–Crippen MR) is 76.5 cm³/mol. The van der Waals surface area contributed by atoms with Gasteiger partial charge in [-0.15, -0.1) is 0 Å². The Labute approximate surface area is 123 Å². The Morgan fingerprint density at radius 2 is 2.38 bits per heavy atom. The number of carbonyl (C=O) groups excluding carboxylic acids is 1. The van der Waals surface area contributed by atoms with E-state index in [0.717, 1.165) is 29.3 Å². The largest absolute Gasteiger partial charge is 0.467 e. The van der Waals surface area contributed by atoms with Gasteiger partial charge in [0.15, 0.2) is 0 Å². The summed E-state index contributed by atoms with van der Waals surface area (Å²) in [5.74, 6) is 1.53. The maximum Gasteiger partial charge on any atom is 0.318 e. The molecule has 3 heterocycles. The van der Waals surface area contributed by atoms with Gasteiger partial charge in [0.2, 0.25) is 0 Å². The van der Waals surface area contributed by atoms with E-state index in [1.54, 1.807) is 11.2 Å². The molecule has 2 amide bonds.